The number of alkyl halides is 2. The minimum absolute atomic E-state index is 0.0718. The molecule has 0 aliphatic heterocycles. The highest BCUT2D eigenvalue weighted by Gasteiger charge is 2.08. The van der Waals surface area contributed by atoms with E-state index in [0.717, 1.165) is 0 Å². The molecule has 2 aromatic heterocycles. The van der Waals surface area contributed by atoms with E-state index in [1.165, 1.54) is 18.3 Å². The molecule has 2 rings (SSSR count). The zero-order valence-electron chi connectivity index (χ0n) is 8.57. The van der Waals surface area contributed by atoms with Gasteiger partial charge in [-0.2, -0.15) is 0 Å². The topological polar surface area (TPSA) is 37.8 Å². The van der Waals surface area contributed by atoms with Crippen molar-refractivity contribution in [2.24, 2.45) is 0 Å². The van der Waals surface area contributed by atoms with Crippen LogP contribution in [0.1, 0.15) is 12.0 Å². The lowest BCUT2D eigenvalue weighted by Crippen LogP contribution is -1.97. The molecule has 2 aromatic rings. The number of rotatable bonds is 3. The lowest BCUT2D eigenvalue weighted by atomic mass is 10.3. The molecule has 0 bridgehead atoms. The quantitative estimate of drug-likeness (QED) is 0.873. The molecule has 0 radical (unpaired) electrons. The number of pyridine rings is 2. The molecular weight excluding hydrogens is 292 g/mol. The Kier molecular flexibility index (Phi) is 3.63. The monoisotopic (exact) mass is 299 g/mol. The van der Waals surface area contributed by atoms with Crippen molar-refractivity contribution in [1.29, 1.82) is 0 Å². The Morgan fingerprint density at radius 2 is 2.00 bits per heavy atom. The van der Waals surface area contributed by atoms with Crippen LogP contribution in [0.5, 0.6) is 0 Å². The maximum Gasteiger partial charge on any atom is 0.264 e. The summed E-state index contributed by atoms with van der Waals surface area (Å²) in [5.41, 5.74) is -0.0718. The summed E-state index contributed by atoms with van der Waals surface area (Å²) in [6, 6.07) is 7.86. The number of aromatic nitrogens is 2. The predicted octanol–water partition coefficient (Wildman–Crippen LogP) is 3.92. The molecule has 0 unspecified atom stereocenters. The average Bonchev–Trinajstić information content (AvgIpc) is 2.29. The van der Waals surface area contributed by atoms with Crippen LogP contribution in [0.3, 0.4) is 0 Å². The van der Waals surface area contributed by atoms with Crippen molar-refractivity contribution in [1.82, 2.24) is 9.97 Å². The first-order valence-corrected chi connectivity index (χ1v) is 5.58. The van der Waals surface area contributed by atoms with Gasteiger partial charge in [-0.25, -0.2) is 18.7 Å². The number of hydrogen-bond donors (Lipinski definition) is 1. The zero-order chi connectivity index (χ0) is 12.3. The maximum atomic E-state index is 12.5. The second kappa shape index (κ2) is 5.18. The van der Waals surface area contributed by atoms with Gasteiger partial charge in [0.1, 0.15) is 16.2 Å². The molecule has 3 nitrogen and oxygen atoms in total. The van der Waals surface area contributed by atoms with Gasteiger partial charge in [-0.1, -0.05) is 6.07 Å². The Hall–Kier alpha value is -1.56. The second-order valence-electron chi connectivity index (χ2n) is 3.25. The fraction of sp³-hybridized carbons (Fsp3) is 0.0909. The van der Waals surface area contributed by atoms with E-state index in [9.17, 15) is 8.78 Å². The van der Waals surface area contributed by atoms with Crippen molar-refractivity contribution in [3.63, 3.8) is 0 Å². The van der Waals surface area contributed by atoms with Gasteiger partial charge in [0.25, 0.3) is 6.43 Å². The van der Waals surface area contributed by atoms with E-state index < -0.39 is 6.43 Å². The number of halogens is 3. The highest BCUT2D eigenvalue weighted by atomic mass is 79.9. The molecule has 0 spiro atoms. The summed E-state index contributed by atoms with van der Waals surface area (Å²) < 4.78 is 25.6. The standard InChI is InChI=1S/C11H8BrF2N3/c12-8-2-1-3-9(16-8)17-10-6-7(11(13)14)4-5-15-10/h1-6,11H,(H,15,16,17). The van der Waals surface area contributed by atoms with E-state index >= 15 is 0 Å². The molecule has 0 aliphatic rings. The van der Waals surface area contributed by atoms with Gasteiger partial charge in [-0.15, -0.1) is 0 Å². The molecule has 1 N–H and O–H groups in total. The molecule has 0 amide bonds. The predicted molar refractivity (Wildman–Crippen MR) is 64.4 cm³/mol. The van der Waals surface area contributed by atoms with Crippen LogP contribution in [-0.2, 0) is 0 Å². The van der Waals surface area contributed by atoms with Crippen LogP contribution in [-0.4, -0.2) is 9.97 Å². The first-order valence-electron chi connectivity index (χ1n) is 4.79. The molecule has 0 aliphatic carbocycles. The van der Waals surface area contributed by atoms with Gasteiger partial charge in [-0.3, -0.25) is 0 Å². The normalized spacial score (nSPS) is 10.6. The molecule has 0 atom stereocenters. The van der Waals surface area contributed by atoms with Gasteiger partial charge in [0.05, 0.1) is 0 Å². The Labute approximate surface area is 105 Å². The third kappa shape index (κ3) is 3.20. The van der Waals surface area contributed by atoms with Crippen LogP contribution in [0.25, 0.3) is 0 Å². The summed E-state index contributed by atoms with van der Waals surface area (Å²) in [6.07, 6.45) is -1.17. The molecule has 0 saturated carbocycles. The number of nitrogens with one attached hydrogen (secondary N) is 1. The van der Waals surface area contributed by atoms with Crippen LogP contribution in [0.15, 0.2) is 41.1 Å². The van der Waals surface area contributed by atoms with Crippen LogP contribution in [0.2, 0.25) is 0 Å². The maximum absolute atomic E-state index is 12.5. The Bertz CT molecular complexity index is 520. The van der Waals surface area contributed by atoms with Crippen molar-refractivity contribution in [2.75, 3.05) is 5.32 Å². The summed E-state index contributed by atoms with van der Waals surface area (Å²) in [6.45, 7) is 0. The van der Waals surface area contributed by atoms with Crippen LogP contribution in [0.4, 0.5) is 20.4 Å². The molecule has 88 valence electrons. The molecule has 2 heterocycles. The van der Waals surface area contributed by atoms with E-state index in [2.05, 4.69) is 31.2 Å². The molecule has 0 saturated heterocycles. The molecule has 17 heavy (non-hydrogen) atoms. The number of anilines is 2. The van der Waals surface area contributed by atoms with E-state index in [0.29, 0.717) is 16.2 Å². The largest absolute Gasteiger partial charge is 0.325 e. The SMILES string of the molecule is FC(F)c1ccnc(Nc2cccc(Br)n2)c1. The van der Waals surface area contributed by atoms with Gasteiger partial charge in [0.2, 0.25) is 0 Å². The fourth-order valence-electron chi connectivity index (χ4n) is 1.26. The average molecular weight is 300 g/mol. The minimum Gasteiger partial charge on any atom is -0.325 e. The Morgan fingerprint density at radius 1 is 1.18 bits per heavy atom. The third-order valence-corrected chi connectivity index (χ3v) is 2.45. The van der Waals surface area contributed by atoms with Gasteiger partial charge in [0.15, 0.2) is 0 Å². The number of nitrogens with zero attached hydrogens (tertiary/aromatic N) is 2. The second-order valence-corrected chi connectivity index (χ2v) is 4.06. The van der Waals surface area contributed by atoms with E-state index in [1.54, 1.807) is 18.2 Å². The Morgan fingerprint density at radius 3 is 2.71 bits per heavy atom. The van der Waals surface area contributed by atoms with E-state index in [-0.39, 0.29) is 5.56 Å². The van der Waals surface area contributed by atoms with Gasteiger partial charge < -0.3 is 5.32 Å². The fourth-order valence-corrected chi connectivity index (χ4v) is 1.60. The first-order chi connectivity index (χ1) is 8.15. The van der Waals surface area contributed by atoms with Crippen LogP contribution in [0, 0.1) is 0 Å². The molecule has 0 fully saturated rings. The lowest BCUT2D eigenvalue weighted by molar-refractivity contribution is 0.151. The molecule has 6 heteroatoms. The van der Waals surface area contributed by atoms with E-state index in [1.807, 2.05) is 0 Å². The van der Waals surface area contributed by atoms with Crippen LogP contribution < -0.4 is 5.32 Å². The first kappa shape index (κ1) is 11.9. The third-order valence-electron chi connectivity index (χ3n) is 2.01. The van der Waals surface area contributed by atoms with Crippen molar-refractivity contribution in [2.45, 2.75) is 6.43 Å². The zero-order valence-corrected chi connectivity index (χ0v) is 10.2. The Balaban J connectivity index is 2.21. The van der Waals surface area contributed by atoms with Crippen molar-refractivity contribution in [3.05, 3.63) is 46.7 Å². The summed E-state index contributed by atoms with van der Waals surface area (Å²) in [5, 5.41) is 2.85. The smallest absolute Gasteiger partial charge is 0.264 e. The van der Waals surface area contributed by atoms with Crippen LogP contribution >= 0.6 is 15.9 Å². The minimum atomic E-state index is -2.51. The summed E-state index contributed by atoms with van der Waals surface area (Å²) >= 11 is 3.22. The number of hydrogen-bond acceptors (Lipinski definition) is 3. The lowest BCUT2D eigenvalue weighted by Gasteiger charge is -2.06. The highest BCUT2D eigenvalue weighted by molar-refractivity contribution is 9.10. The van der Waals surface area contributed by atoms with Crippen molar-refractivity contribution in [3.8, 4) is 0 Å². The van der Waals surface area contributed by atoms with Crippen molar-refractivity contribution < 1.29 is 8.78 Å². The van der Waals surface area contributed by atoms with Gasteiger partial charge in [0, 0.05) is 11.8 Å². The molecule has 0 aromatic carbocycles. The van der Waals surface area contributed by atoms with Crippen molar-refractivity contribution >= 4 is 27.6 Å². The summed E-state index contributed by atoms with van der Waals surface area (Å²) in [5.74, 6) is 0.881. The summed E-state index contributed by atoms with van der Waals surface area (Å²) in [4.78, 5) is 8.07. The van der Waals surface area contributed by atoms with Gasteiger partial charge >= 0.3 is 0 Å². The van der Waals surface area contributed by atoms with E-state index in [4.69, 9.17) is 0 Å². The highest BCUT2D eigenvalue weighted by Crippen LogP contribution is 2.22. The summed E-state index contributed by atoms with van der Waals surface area (Å²) in [7, 11) is 0. The van der Waals surface area contributed by atoms with Gasteiger partial charge in [-0.05, 0) is 40.2 Å². The molecular formula is C11H8BrF2N3.